The van der Waals surface area contributed by atoms with Crippen LogP contribution in [0.3, 0.4) is 0 Å². The molecule has 1 aromatic carbocycles. The minimum atomic E-state index is 0.171. The molecule has 4 rings (SSSR count). The lowest BCUT2D eigenvalue weighted by Gasteiger charge is -2.38. The van der Waals surface area contributed by atoms with Gasteiger partial charge in [-0.1, -0.05) is 24.3 Å². The maximum absolute atomic E-state index is 13.0. The van der Waals surface area contributed by atoms with Crippen molar-refractivity contribution in [3.63, 3.8) is 0 Å². The summed E-state index contributed by atoms with van der Waals surface area (Å²) >= 11 is 0. The summed E-state index contributed by atoms with van der Waals surface area (Å²) in [4.78, 5) is 33.8. The van der Waals surface area contributed by atoms with E-state index in [1.54, 1.807) is 0 Å². The summed E-state index contributed by atoms with van der Waals surface area (Å²) in [5, 5.41) is 0. The second kappa shape index (κ2) is 9.90. The largest absolute Gasteiger partial charge is 0.379 e. The molecular formula is C23H34N4O3. The lowest BCUT2D eigenvalue weighted by molar-refractivity contribution is -0.137. The molecule has 2 heterocycles. The highest BCUT2D eigenvalue weighted by Crippen LogP contribution is 2.33. The summed E-state index contributed by atoms with van der Waals surface area (Å²) in [5.41, 5.74) is 2.68. The van der Waals surface area contributed by atoms with Gasteiger partial charge >= 0.3 is 0 Å². The molecule has 1 aromatic rings. The molecule has 2 amide bonds. The molecule has 0 bridgehead atoms. The molecule has 30 heavy (non-hydrogen) atoms. The summed E-state index contributed by atoms with van der Waals surface area (Å²) in [6.45, 7) is 6.91. The van der Waals surface area contributed by atoms with E-state index < -0.39 is 0 Å². The van der Waals surface area contributed by atoms with Gasteiger partial charge in [0.25, 0.3) is 0 Å². The van der Waals surface area contributed by atoms with Crippen molar-refractivity contribution >= 4 is 11.8 Å². The van der Waals surface area contributed by atoms with E-state index in [2.05, 4.69) is 34.1 Å². The Morgan fingerprint density at radius 2 is 1.70 bits per heavy atom. The molecule has 2 saturated heterocycles. The smallest absolute Gasteiger partial charge is 0.237 e. The third-order valence-electron chi connectivity index (χ3n) is 6.75. The van der Waals surface area contributed by atoms with E-state index >= 15 is 0 Å². The molecule has 164 valence electrons. The molecular weight excluding hydrogens is 380 g/mol. The summed E-state index contributed by atoms with van der Waals surface area (Å²) < 4.78 is 5.35. The third-order valence-corrected chi connectivity index (χ3v) is 6.75. The van der Waals surface area contributed by atoms with Gasteiger partial charge in [-0.3, -0.25) is 19.4 Å². The molecule has 0 saturated carbocycles. The van der Waals surface area contributed by atoms with Crippen LogP contribution in [0.5, 0.6) is 0 Å². The van der Waals surface area contributed by atoms with Crippen molar-refractivity contribution in [2.75, 3.05) is 72.6 Å². The molecule has 0 radical (unpaired) electrons. The Morgan fingerprint density at radius 1 is 1.00 bits per heavy atom. The van der Waals surface area contributed by atoms with Crippen molar-refractivity contribution in [1.82, 2.24) is 19.6 Å². The van der Waals surface area contributed by atoms with Crippen LogP contribution >= 0.6 is 0 Å². The van der Waals surface area contributed by atoms with Gasteiger partial charge in [-0.2, -0.15) is 0 Å². The van der Waals surface area contributed by atoms with Crippen LogP contribution in [-0.2, 0) is 20.7 Å². The predicted molar refractivity (Wildman–Crippen MR) is 115 cm³/mol. The molecule has 7 nitrogen and oxygen atoms in total. The first-order valence-corrected chi connectivity index (χ1v) is 11.3. The van der Waals surface area contributed by atoms with Gasteiger partial charge in [0.05, 0.1) is 32.3 Å². The first kappa shape index (κ1) is 21.3. The van der Waals surface area contributed by atoms with Crippen molar-refractivity contribution in [2.45, 2.75) is 25.3 Å². The number of piperazine rings is 1. The highest BCUT2D eigenvalue weighted by atomic mass is 16.5. The maximum atomic E-state index is 13.0. The Bertz CT molecular complexity index is 742. The molecule has 0 aromatic heterocycles. The van der Waals surface area contributed by atoms with Gasteiger partial charge in [-0.15, -0.1) is 0 Å². The molecule has 1 unspecified atom stereocenters. The van der Waals surface area contributed by atoms with Crippen molar-refractivity contribution in [3.05, 3.63) is 35.4 Å². The van der Waals surface area contributed by atoms with Gasteiger partial charge in [0, 0.05) is 46.3 Å². The third kappa shape index (κ3) is 5.02. The summed E-state index contributed by atoms with van der Waals surface area (Å²) in [7, 11) is 1.94. The minimum absolute atomic E-state index is 0.171. The fraction of sp³-hybridized carbons (Fsp3) is 0.652. The monoisotopic (exact) mass is 414 g/mol. The molecule has 0 spiro atoms. The van der Waals surface area contributed by atoms with Crippen LogP contribution in [0.2, 0.25) is 0 Å². The quantitative estimate of drug-likeness (QED) is 0.720. The maximum Gasteiger partial charge on any atom is 0.237 e. The summed E-state index contributed by atoms with van der Waals surface area (Å²) in [5.74, 6) is 0.364. The average Bonchev–Trinajstić information content (AvgIpc) is 2.79. The number of nitrogens with zero attached hydrogens (tertiary/aromatic N) is 4. The number of aryl methyl sites for hydroxylation is 1. The zero-order chi connectivity index (χ0) is 20.9. The molecule has 0 N–H and O–H groups in total. The number of likely N-dealkylation sites (N-methyl/N-ethyl adjacent to an activating group) is 1. The van der Waals surface area contributed by atoms with E-state index in [1.165, 1.54) is 11.1 Å². The lowest BCUT2D eigenvalue weighted by Crippen LogP contribution is -2.53. The number of morpholine rings is 1. The average molecular weight is 415 g/mol. The zero-order valence-electron chi connectivity index (χ0n) is 18.1. The predicted octanol–water partition coefficient (Wildman–Crippen LogP) is 0.999. The van der Waals surface area contributed by atoms with Crippen LogP contribution in [-0.4, -0.2) is 104 Å². The topological polar surface area (TPSA) is 56.3 Å². The number of fused-ring (bicyclic) bond motifs is 1. The molecule has 2 fully saturated rings. The van der Waals surface area contributed by atoms with Gasteiger partial charge in [0.2, 0.25) is 11.8 Å². The zero-order valence-corrected chi connectivity index (χ0v) is 18.1. The molecule has 1 aliphatic carbocycles. The molecule has 1 atom stereocenters. The standard InChI is InChI=1S/C23H34N4O3/c1-24(21-8-4-6-19-5-2-3-7-20(19)21)22(28)17-25-9-11-27(12-10-25)23(29)18-26-13-15-30-16-14-26/h2-3,5,7,21H,4,6,8-18H2,1H3. The van der Waals surface area contributed by atoms with Crippen LogP contribution in [0.4, 0.5) is 0 Å². The second-order valence-corrected chi connectivity index (χ2v) is 8.66. The number of benzene rings is 1. The van der Waals surface area contributed by atoms with E-state index in [9.17, 15) is 9.59 Å². The Labute approximate surface area is 179 Å². The number of hydrogen-bond donors (Lipinski definition) is 0. The Morgan fingerprint density at radius 3 is 2.47 bits per heavy atom. The number of carbonyl (C=O) groups is 2. The molecule has 2 aliphatic heterocycles. The van der Waals surface area contributed by atoms with Crippen molar-refractivity contribution in [2.24, 2.45) is 0 Å². The summed E-state index contributed by atoms with van der Waals surface area (Å²) in [6, 6.07) is 8.69. The van der Waals surface area contributed by atoms with Gasteiger partial charge < -0.3 is 14.5 Å². The van der Waals surface area contributed by atoms with Crippen LogP contribution in [0.25, 0.3) is 0 Å². The molecule has 3 aliphatic rings. The number of carbonyl (C=O) groups excluding carboxylic acids is 2. The SMILES string of the molecule is CN(C(=O)CN1CCN(C(=O)CN2CCOCC2)CC1)C1CCCc2ccccc21. The van der Waals surface area contributed by atoms with Crippen molar-refractivity contribution in [1.29, 1.82) is 0 Å². The van der Waals surface area contributed by atoms with E-state index in [0.29, 0.717) is 39.4 Å². The Kier molecular flexibility index (Phi) is 7.02. The number of ether oxygens (including phenoxy) is 1. The van der Waals surface area contributed by atoms with E-state index in [0.717, 1.165) is 45.4 Å². The number of amides is 2. The fourth-order valence-electron chi connectivity index (χ4n) is 4.81. The van der Waals surface area contributed by atoms with Crippen LogP contribution in [0, 0.1) is 0 Å². The van der Waals surface area contributed by atoms with Crippen LogP contribution < -0.4 is 0 Å². The van der Waals surface area contributed by atoms with E-state index in [4.69, 9.17) is 4.74 Å². The number of rotatable bonds is 5. The fourth-order valence-corrected chi connectivity index (χ4v) is 4.81. The minimum Gasteiger partial charge on any atom is -0.379 e. The van der Waals surface area contributed by atoms with Crippen LogP contribution in [0.1, 0.15) is 30.0 Å². The first-order valence-electron chi connectivity index (χ1n) is 11.3. The Balaban J connectivity index is 1.25. The summed E-state index contributed by atoms with van der Waals surface area (Å²) in [6.07, 6.45) is 3.27. The highest BCUT2D eigenvalue weighted by Gasteiger charge is 2.29. The van der Waals surface area contributed by atoms with Crippen molar-refractivity contribution < 1.29 is 14.3 Å². The van der Waals surface area contributed by atoms with E-state index in [1.807, 2.05) is 16.8 Å². The van der Waals surface area contributed by atoms with Gasteiger partial charge in [0.1, 0.15) is 0 Å². The van der Waals surface area contributed by atoms with Gasteiger partial charge in [0.15, 0.2) is 0 Å². The highest BCUT2D eigenvalue weighted by molar-refractivity contribution is 5.79. The Hall–Kier alpha value is -1.96. The van der Waals surface area contributed by atoms with Gasteiger partial charge in [-0.25, -0.2) is 0 Å². The van der Waals surface area contributed by atoms with Gasteiger partial charge in [-0.05, 0) is 30.4 Å². The van der Waals surface area contributed by atoms with Crippen LogP contribution in [0.15, 0.2) is 24.3 Å². The second-order valence-electron chi connectivity index (χ2n) is 8.66. The number of hydrogen-bond acceptors (Lipinski definition) is 5. The normalized spacial score (nSPS) is 23.1. The van der Waals surface area contributed by atoms with E-state index in [-0.39, 0.29) is 17.9 Å². The van der Waals surface area contributed by atoms with Crippen molar-refractivity contribution in [3.8, 4) is 0 Å². The first-order chi connectivity index (χ1) is 14.6. The lowest BCUT2D eigenvalue weighted by atomic mass is 9.87. The molecule has 7 heteroatoms.